The van der Waals surface area contributed by atoms with Crippen LogP contribution < -0.4 is 50.4 Å². The smallest absolute Gasteiger partial charge is 0.305 e. The lowest BCUT2D eigenvalue weighted by Crippen LogP contribution is -2.58. The molecule has 28 nitrogen and oxygen atoms in total. The highest BCUT2D eigenvalue weighted by molar-refractivity contribution is 6.39. The molecule has 2 fully saturated rings. The number of aliphatic carboxylic acids is 7. The zero-order chi connectivity index (χ0) is 108. The zero-order valence-corrected chi connectivity index (χ0v) is 93.4. The van der Waals surface area contributed by atoms with Gasteiger partial charge in [-0.3, -0.25) is 37.9 Å². The highest BCUT2D eigenvalue weighted by Gasteiger charge is 2.43. The van der Waals surface area contributed by atoms with E-state index in [1.54, 1.807) is 47.1 Å². The first-order valence-electron chi connectivity index (χ1n) is 54.5. The van der Waals surface area contributed by atoms with Gasteiger partial charge in [-0.1, -0.05) is 172 Å². The van der Waals surface area contributed by atoms with E-state index in [0.717, 1.165) is 277 Å². The Morgan fingerprint density at radius 2 is 0.660 bits per heavy atom. The van der Waals surface area contributed by atoms with Crippen LogP contribution in [0.4, 0.5) is 34.1 Å². The van der Waals surface area contributed by atoms with Gasteiger partial charge in [0.15, 0.2) is 41.8 Å². The molecule has 0 radical (unpaired) electrons. The number of likely N-dealkylation sites (N-methyl/N-ethyl adjacent to an activating group) is 2. The molecule has 802 valence electrons. The van der Waals surface area contributed by atoms with Crippen LogP contribution in [-0.4, -0.2) is 278 Å². The first-order valence-corrected chi connectivity index (χ1v) is 54.5. The van der Waals surface area contributed by atoms with Gasteiger partial charge >= 0.3 is 17.5 Å². The molecule has 2 aliphatic carbocycles. The lowest BCUT2D eigenvalue weighted by atomic mass is 9.92. The van der Waals surface area contributed by atoms with Crippen molar-refractivity contribution in [2.75, 3.05) is 135 Å². The highest BCUT2D eigenvalue weighted by atomic mass is 16.4. The van der Waals surface area contributed by atoms with Gasteiger partial charge < -0.3 is 69.3 Å². The van der Waals surface area contributed by atoms with Crippen LogP contribution in [0.2, 0.25) is 0 Å². The Morgan fingerprint density at radius 1 is 0.313 bits per heavy atom. The third-order valence-corrected chi connectivity index (χ3v) is 30.0. The van der Waals surface area contributed by atoms with E-state index in [0.29, 0.717) is 80.9 Å². The molecule has 0 amide bonds. The molecule has 0 N–H and O–H groups in total. The first kappa shape index (κ1) is 118. The second-order valence-electron chi connectivity index (χ2n) is 42.4. The number of hydrogen-bond donors (Lipinski definition) is 0. The van der Waals surface area contributed by atoms with Gasteiger partial charge in [-0.2, -0.15) is 0 Å². The summed E-state index contributed by atoms with van der Waals surface area (Å²) in [6.45, 7) is 52.3. The number of carbonyl (C=O) groups is 7. The molecule has 7 heterocycles. The summed E-state index contributed by atoms with van der Waals surface area (Å²) >= 11 is 0. The second-order valence-corrected chi connectivity index (χ2v) is 42.4. The molecule has 0 aromatic heterocycles. The van der Waals surface area contributed by atoms with Crippen LogP contribution in [0.25, 0.3) is 0 Å². The fourth-order valence-corrected chi connectivity index (χ4v) is 24.4. The number of aryl methyl sites for hydroxylation is 16. The summed E-state index contributed by atoms with van der Waals surface area (Å²) in [4.78, 5) is 95.3. The molecule has 7 aliphatic heterocycles. The van der Waals surface area contributed by atoms with Crippen molar-refractivity contribution in [1.82, 2.24) is 19.6 Å². The summed E-state index contributed by atoms with van der Waals surface area (Å²) in [5, 5.41) is 81.8. The number of nitrogens with zero attached hydrogens (tertiary/aromatic N) is 14. The first-order chi connectivity index (χ1) is 69.9. The molecule has 0 saturated heterocycles. The van der Waals surface area contributed by atoms with E-state index in [-0.39, 0.29) is 23.3 Å². The van der Waals surface area contributed by atoms with Crippen LogP contribution in [0.5, 0.6) is 0 Å². The average Bonchev–Trinajstić information content (AvgIpc) is 1.46. The standard InChI is InChI=1S/C24H30N2O2.C23H28N2O2.C21H24N2O2.C19H36N2O2.C17H28N2O2.C8H14N2O2.C7H12N2O2/c1-15-11-17(3)21(18(4)12-15)25-9-7-8-10-26(23(25)24(27)28)22-19(5)13-16(2)14-20(22)6;1-14-10-16(3)20(17(4)11-14)24-8-7-9-25(22(24)23(26)27)21-18(5)12-15(2)13-19(21)6;1-14-6-8-18(16(3)12-14)22-10-5-11-23(20(22)21(24)25)19-9-7-15(2)13-17(19)4;1-5-10-16(11-6-2)20-14-9-15-21(18(20)19(22)23)17(12-7-3)13-8-4;20-17(21)16-18(14-8-3-1-4-9-14)12-7-13-19(16)15-10-5-2-6-11-15;1-9-5-3-4-6-10(2)7(9)8(11)12;1-8-4-3-5-9(2)6(8)7(10)11/h11-14H,7-10H2,1-6H3;10-13H,7-9H2,1-6H3;6-9,12-13H,5,10-11H2,1-4H3;16-17H,5-15H2,1-4H3;14-15H,1-13H2;3-6H2,1-2H3;3-5H2,1-2H3. The normalized spacial score (nSPS) is 17.3. The van der Waals surface area contributed by atoms with Gasteiger partial charge in [-0.05, 0) is 281 Å². The maximum atomic E-state index is 12.4. The van der Waals surface area contributed by atoms with Crippen LogP contribution in [0.15, 0.2) is 84.9 Å². The fraction of sp³-hybridized carbons (Fsp3) is 0.580. The molecular formula is C119H172N14O14. The lowest BCUT2D eigenvalue weighted by molar-refractivity contribution is -0.580. The topological polar surface area (TPSA) is 325 Å². The quantitative estimate of drug-likeness (QED) is 0.0481. The van der Waals surface area contributed by atoms with E-state index >= 15 is 0 Å². The molecule has 9 aliphatic rings. The lowest BCUT2D eigenvalue weighted by Gasteiger charge is -2.37. The van der Waals surface area contributed by atoms with Crippen molar-refractivity contribution in [2.45, 2.75) is 336 Å². The van der Waals surface area contributed by atoms with Crippen molar-refractivity contribution >= 4 is 117 Å². The van der Waals surface area contributed by atoms with E-state index < -0.39 is 41.8 Å². The van der Waals surface area contributed by atoms with Crippen molar-refractivity contribution < 1.29 is 101 Å². The van der Waals surface area contributed by atoms with Crippen LogP contribution in [0.1, 0.15) is 290 Å². The molecule has 6 aromatic carbocycles. The van der Waals surface area contributed by atoms with Gasteiger partial charge in [0.25, 0.3) is 23.3 Å². The average molecular weight is 2020 g/mol. The van der Waals surface area contributed by atoms with Gasteiger partial charge in [-0.25, -0.2) is 28.4 Å². The molecule has 28 heteroatoms. The third-order valence-electron chi connectivity index (χ3n) is 30.0. The minimum atomic E-state index is -1.14. The predicted octanol–water partition coefficient (Wildman–Crippen LogP) is 10.4. The van der Waals surface area contributed by atoms with Crippen molar-refractivity contribution in [2.24, 2.45) is 0 Å². The fourth-order valence-electron chi connectivity index (χ4n) is 24.4. The molecule has 2 saturated carbocycles. The van der Waals surface area contributed by atoms with Crippen LogP contribution in [-0.2, 0) is 33.6 Å². The Bertz CT molecular complexity index is 5800. The number of rotatable bonds is 25. The Labute approximate surface area is 877 Å². The van der Waals surface area contributed by atoms with E-state index in [1.807, 2.05) is 108 Å². The molecule has 0 spiro atoms. The van der Waals surface area contributed by atoms with E-state index in [4.69, 9.17) is 0 Å². The predicted molar refractivity (Wildman–Crippen MR) is 574 cm³/mol. The summed E-state index contributed by atoms with van der Waals surface area (Å²) in [6.07, 6.45) is 29.6. The number of hydrogen-bond acceptors (Lipinski definition) is 21. The number of carboxylic acid groups (broad SMARTS) is 7. The highest BCUT2D eigenvalue weighted by Crippen LogP contribution is 2.37. The second kappa shape index (κ2) is 56.3. The number of amidine groups is 7. The van der Waals surface area contributed by atoms with Crippen LogP contribution in [0.3, 0.4) is 0 Å². The number of carboxylic acids is 7. The zero-order valence-electron chi connectivity index (χ0n) is 93.4. The summed E-state index contributed by atoms with van der Waals surface area (Å²) in [5.41, 5.74) is 23.7. The Morgan fingerprint density at radius 3 is 1.10 bits per heavy atom. The minimum Gasteiger partial charge on any atom is -0.538 e. The molecular weight excluding hydrogens is 1850 g/mol. The van der Waals surface area contributed by atoms with Crippen molar-refractivity contribution in [3.05, 3.63) is 174 Å². The Balaban J connectivity index is 0.000000194. The number of benzene rings is 6. The number of anilines is 3. The van der Waals surface area contributed by atoms with E-state index in [9.17, 15) is 69.3 Å². The molecule has 147 heavy (non-hydrogen) atoms. The SMILES string of the molecule is CCCC(CCC)N1CCC[N+](C(CCC)CCC)=C1C(=O)[O-].CN1CCCC[N+](C)=C1C(=O)[O-].CN1CCC[N+](C)=C1C(=O)[O-].Cc1cc(C)c(N2CCCC[N+](c3c(C)cc(C)cc3C)=C2C(=O)[O-])c(C)c1.Cc1cc(C)c(N2CCC[N+](c3c(C)cc(C)cc3C)=C2C(=O)[O-])c(C)c1.Cc1ccc(N2CCC[N+](c3ccc(C)cc3C)=C2C(=O)[O-])c(C)c1.O=C([O-])C1=[N+](C2CCCCC2)CCCN1C1CCCCC1. The largest absolute Gasteiger partial charge is 0.538 e. The molecule has 0 unspecified atom stereocenters. The summed E-state index contributed by atoms with van der Waals surface area (Å²) in [7, 11) is 7.10. The van der Waals surface area contributed by atoms with Gasteiger partial charge in [0.2, 0.25) is 0 Å². The summed E-state index contributed by atoms with van der Waals surface area (Å²) in [6, 6.07) is 30.6. The number of carbonyl (C=O) groups excluding carboxylic acids is 7. The monoisotopic (exact) mass is 2020 g/mol. The van der Waals surface area contributed by atoms with Crippen molar-refractivity contribution in [1.29, 1.82) is 0 Å². The Kier molecular flexibility index (Phi) is 45.4. The molecule has 15 rings (SSSR count). The van der Waals surface area contributed by atoms with Gasteiger partial charge in [0.05, 0.1) is 144 Å². The third kappa shape index (κ3) is 31.1. The van der Waals surface area contributed by atoms with E-state index in [2.05, 4.69) is 163 Å². The van der Waals surface area contributed by atoms with Gasteiger partial charge in [0.1, 0.15) is 34.1 Å². The van der Waals surface area contributed by atoms with Crippen molar-refractivity contribution in [3.8, 4) is 0 Å². The Hall–Kier alpha value is -12.1. The van der Waals surface area contributed by atoms with Crippen molar-refractivity contribution in [3.63, 3.8) is 0 Å². The summed E-state index contributed by atoms with van der Waals surface area (Å²) < 4.78 is 13.6. The molecule has 6 aromatic rings. The molecule has 0 bridgehead atoms. The van der Waals surface area contributed by atoms with Gasteiger partial charge in [-0.15, -0.1) is 0 Å². The maximum Gasteiger partial charge on any atom is 0.305 e. The van der Waals surface area contributed by atoms with Crippen LogP contribution in [0, 0.1) is 111 Å². The van der Waals surface area contributed by atoms with Crippen LogP contribution >= 0.6 is 0 Å². The minimum absolute atomic E-state index is 0.227. The molecule has 0 atom stereocenters. The maximum absolute atomic E-state index is 12.4. The van der Waals surface area contributed by atoms with Gasteiger partial charge in [0, 0.05) is 32.1 Å². The van der Waals surface area contributed by atoms with E-state index in [1.165, 1.54) is 71.9 Å². The summed E-state index contributed by atoms with van der Waals surface area (Å²) in [5.74, 6) is -5.21.